The van der Waals surface area contributed by atoms with Crippen molar-refractivity contribution < 1.29 is 28.8 Å². The number of rotatable bonds is 0. The molecule has 0 atom stereocenters. The Hall–Kier alpha value is -14.8. The highest BCUT2D eigenvalue weighted by Crippen LogP contribution is 2.13. The minimum Gasteiger partial charge on any atom is -0.325 e. The third-order valence-corrected chi connectivity index (χ3v) is 17.3. The average molecular weight is 1570 g/mol. The number of aryl methyl sites for hydroxylation is 24. The van der Waals surface area contributed by atoms with Gasteiger partial charge >= 0.3 is 45.5 Å². The van der Waals surface area contributed by atoms with Crippen molar-refractivity contribution in [3.05, 3.63) is 213 Å². The van der Waals surface area contributed by atoms with E-state index in [1.165, 1.54) is 48.3 Å². The summed E-state index contributed by atoms with van der Waals surface area (Å²) in [6.45, 7) is -6.03. The zero-order chi connectivity index (χ0) is 101. The predicted molar refractivity (Wildman–Crippen MR) is 411 cm³/mol. The second-order valence-corrected chi connectivity index (χ2v) is 24.1. The molecule has 0 saturated heterocycles. The van der Waals surface area contributed by atoms with E-state index in [1.807, 2.05) is 24.9 Å². The highest BCUT2D eigenvalue weighted by molar-refractivity contribution is 5.75. The van der Waals surface area contributed by atoms with Crippen molar-refractivity contribution in [1.82, 2.24) is 153 Å². The van der Waals surface area contributed by atoms with Gasteiger partial charge in [-0.15, -0.1) is 0 Å². The highest BCUT2D eigenvalue weighted by Gasteiger charge is 2.19. The van der Waals surface area contributed by atoms with Crippen LogP contribution in [0, 0.1) is 55.4 Å². The minimum absolute atomic E-state index is 0.0624. The van der Waals surface area contributed by atoms with Crippen LogP contribution in [0.3, 0.4) is 0 Å². The molecule has 48 nitrogen and oxygen atoms in total. The summed E-state index contributed by atoms with van der Waals surface area (Å²) in [4.78, 5) is 232. The Morgan fingerprint density at radius 2 is 0.286 bits per heavy atom. The van der Waals surface area contributed by atoms with Crippen molar-refractivity contribution >= 4 is 89.3 Å². The summed E-state index contributed by atoms with van der Waals surface area (Å²) in [5.74, 6) is 3.28. The molecule has 0 saturated carbocycles. The smallest absolute Gasteiger partial charge is 0.325 e. The molecule has 0 aliphatic heterocycles. The van der Waals surface area contributed by atoms with Crippen LogP contribution in [-0.4, -0.2) is 153 Å². The first kappa shape index (κ1) is 56.5. The van der Waals surface area contributed by atoms with Crippen molar-refractivity contribution in [2.24, 2.45) is 112 Å². The number of aromatic amines is 8. The van der Waals surface area contributed by atoms with Crippen LogP contribution in [0.25, 0.3) is 89.3 Å². The van der Waals surface area contributed by atoms with Crippen LogP contribution in [0.4, 0.5) is 0 Å². The van der Waals surface area contributed by atoms with Crippen LogP contribution in [0.15, 0.2) is 76.7 Å². The van der Waals surface area contributed by atoms with Crippen molar-refractivity contribution in [3.63, 3.8) is 0 Å². The molecule has 0 amide bonds. The third kappa shape index (κ3) is 14.5. The molecule has 0 aliphatic carbocycles. The maximum absolute atomic E-state index is 11.8. The van der Waals surface area contributed by atoms with Crippen molar-refractivity contribution in [2.45, 2.75) is 55.4 Å². The maximum Gasteiger partial charge on any atom is 0.329 e. The summed E-state index contributed by atoms with van der Waals surface area (Å²) >= 11 is 0. The molecule has 8 N–H and O–H groups in total. The van der Waals surface area contributed by atoms with E-state index in [0.29, 0.717) is 84.7 Å². The van der Waals surface area contributed by atoms with Crippen LogP contribution < -0.4 is 90.0 Å². The summed E-state index contributed by atoms with van der Waals surface area (Å²) in [6, 6.07) is 0. The fourth-order valence-electron chi connectivity index (χ4n) is 10.6. The number of nitrogens with one attached hydrogen (secondary N) is 8. The Morgan fingerprint density at radius 1 is 0.179 bits per heavy atom. The van der Waals surface area contributed by atoms with E-state index in [2.05, 4.69) is 49.8 Å². The van der Waals surface area contributed by atoms with Gasteiger partial charge in [0.05, 0.1) is 0 Å². The number of fused-ring (bicyclic) bond motifs is 8. The van der Waals surface area contributed by atoms with Crippen molar-refractivity contribution in [3.8, 4) is 0 Å². The number of hydrogen-bond acceptors (Lipinski definition) is 24. The average Bonchev–Trinajstić information content (AvgIpc) is 1.55. The number of H-pyrrole nitrogens is 8. The van der Waals surface area contributed by atoms with Gasteiger partial charge in [0.1, 0.15) is 46.6 Å². The Labute approximate surface area is 650 Å². The molecule has 0 spiro atoms. The van der Waals surface area contributed by atoms with Gasteiger partial charge in [0.15, 0.2) is 89.3 Å². The van der Waals surface area contributed by atoms with Gasteiger partial charge in [-0.3, -0.25) is 115 Å². The SMILES string of the molecule is Cc1nc2c(c(=O)[nH]c(=O)n2C)n1C.Cc1nc2c(c(=O)[nH]c(=O)n2C)n1C.[2H]C([2H])([2H])n1c(=O)[nH]c(=O)c2c1nc(C)n2C.[2H]C([2H])([2H])n1c(=O)[nH]c(=O)c2c1nc(C)n2C.[2H]C([2H])([2H])n1c(=O)[nH]c(=O)c2c1nc(C)n2C.[2H]C([2H])([2H])n1c(=O)[nH]c(=O)c2c1nc(C)n2C.[2H]C([2H])([2H])n1c(C)nc2c1c(=O)[nH]c(=O)n2C.[2H]C([2H])([2H])n1c(C)nc2c1c(=O)[nH]c(=O)n2C([2H])([2H])[2H]. The Bertz CT molecular complexity index is 7900. The van der Waals surface area contributed by atoms with Crippen LogP contribution in [0.1, 0.15) is 75.4 Å². The molecule has 112 heavy (non-hydrogen) atoms. The quantitative estimate of drug-likeness (QED) is 0.0701. The van der Waals surface area contributed by atoms with Gasteiger partial charge in [-0.25, -0.2) is 78.2 Å². The lowest BCUT2D eigenvalue weighted by atomic mass is 10.5. The molecule has 48 heteroatoms. The number of aromatic nitrogens is 32. The molecular weight excluding hydrogens is 1470 g/mol. The molecular formula is C64H80N32O16. The van der Waals surface area contributed by atoms with E-state index < -0.39 is 150 Å². The molecule has 16 aromatic heterocycles. The fraction of sp³-hybridized carbons (Fsp3) is 0.375. The first-order valence-corrected chi connectivity index (χ1v) is 31.6. The Kier molecular flexibility index (Phi) is 15.4. The van der Waals surface area contributed by atoms with E-state index in [0.717, 1.165) is 9.13 Å². The number of imidazole rings is 8. The minimum atomic E-state index is -2.89. The normalized spacial score (nSPS) is 14.6. The molecule has 16 rings (SSSR count). The van der Waals surface area contributed by atoms with Gasteiger partial charge in [-0.1, -0.05) is 0 Å². The first-order valence-electron chi connectivity index (χ1n) is 42.1. The van der Waals surface area contributed by atoms with Gasteiger partial charge < -0.3 is 36.5 Å². The molecule has 16 heterocycles. The van der Waals surface area contributed by atoms with Gasteiger partial charge in [0.25, 0.3) is 44.5 Å². The fourth-order valence-corrected chi connectivity index (χ4v) is 10.6. The van der Waals surface area contributed by atoms with Crippen LogP contribution in [0.2, 0.25) is 0 Å². The molecule has 592 valence electrons. The Morgan fingerprint density at radius 3 is 0.420 bits per heavy atom. The van der Waals surface area contributed by atoms with E-state index in [-0.39, 0.29) is 67.5 Å². The van der Waals surface area contributed by atoms with E-state index in [9.17, 15) is 76.7 Å². The summed E-state index contributed by atoms with van der Waals surface area (Å²) in [7, 11) is 14.4. The lowest BCUT2D eigenvalue weighted by Crippen LogP contribution is -2.29. The van der Waals surface area contributed by atoms with Gasteiger partial charge in [-0.05, 0) is 55.4 Å². The number of hydrogen-bond donors (Lipinski definition) is 8. The van der Waals surface area contributed by atoms with Crippen LogP contribution in [-0.2, 0) is 112 Å². The monoisotopic (exact) mass is 1570 g/mol. The van der Waals surface area contributed by atoms with Gasteiger partial charge in [0, 0.05) is 141 Å². The second-order valence-electron chi connectivity index (χ2n) is 24.1. The molecule has 0 unspecified atom stereocenters. The summed E-state index contributed by atoms with van der Waals surface area (Å²) in [5.41, 5.74) is -11.3. The van der Waals surface area contributed by atoms with E-state index in [4.69, 9.17) is 28.8 Å². The second kappa shape index (κ2) is 30.5. The molecule has 0 aliphatic rings. The van der Waals surface area contributed by atoms with Crippen LogP contribution in [0.5, 0.6) is 0 Å². The zero-order valence-corrected chi connectivity index (χ0v) is 61.8. The van der Waals surface area contributed by atoms with E-state index in [1.54, 1.807) is 112 Å². The molecule has 16 aromatic rings. The molecule has 0 radical (unpaired) electrons. The predicted octanol–water partition coefficient (Wildman–Crippen LogP) is -5.85. The standard InChI is InChI=1S/8C8H10N4O2/c8*1-4-9-6-5(11(4)2)7(13)10-8(14)12(6)3/h8*1-3H3,(H,10,13,14)/i2D3,3D3;4*3D3;2D3;;. The summed E-state index contributed by atoms with van der Waals surface area (Å²) < 4.78 is 170. The largest absolute Gasteiger partial charge is 0.329 e. The topological polar surface area (TPSA) is 581 Å². The van der Waals surface area contributed by atoms with Crippen molar-refractivity contribution in [1.29, 1.82) is 0 Å². The van der Waals surface area contributed by atoms with Gasteiger partial charge in [0.2, 0.25) is 0 Å². The lowest BCUT2D eigenvalue weighted by molar-refractivity contribution is 0.829. The zero-order valence-electron chi connectivity index (χ0n) is 82.8. The first-order chi connectivity index (χ1) is 60.6. The summed E-state index contributed by atoms with van der Waals surface area (Å²) in [6.07, 6.45) is 0. The molecule has 0 bridgehead atoms. The summed E-state index contributed by atoms with van der Waals surface area (Å²) in [5, 5.41) is 0. The molecule has 0 fully saturated rings. The number of nitrogens with zero attached hydrogens (tertiary/aromatic N) is 24. The maximum atomic E-state index is 11.8. The highest BCUT2D eigenvalue weighted by atomic mass is 16.2. The third-order valence-electron chi connectivity index (χ3n) is 17.3. The Balaban J connectivity index is 0.000000171. The van der Waals surface area contributed by atoms with Crippen molar-refractivity contribution in [2.75, 3.05) is 0 Å². The van der Waals surface area contributed by atoms with E-state index >= 15 is 0 Å². The van der Waals surface area contributed by atoms with Gasteiger partial charge in [-0.2, -0.15) is 0 Å². The van der Waals surface area contributed by atoms with Crippen LogP contribution >= 0.6 is 0 Å². The molecule has 0 aromatic carbocycles. The lowest BCUT2D eigenvalue weighted by Gasteiger charge is -1.97.